The molecule has 0 radical (unpaired) electrons. The summed E-state index contributed by atoms with van der Waals surface area (Å²) in [6.45, 7) is 0.880. The number of ether oxygens (including phenoxy) is 1. The van der Waals surface area contributed by atoms with Crippen LogP contribution in [0.2, 0.25) is 0 Å². The molecule has 1 saturated heterocycles. The van der Waals surface area contributed by atoms with Crippen LogP contribution in [0.5, 0.6) is 0 Å². The van der Waals surface area contributed by atoms with E-state index >= 15 is 0 Å². The van der Waals surface area contributed by atoms with Crippen LogP contribution in [0.25, 0.3) is 0 Å². The topological polar surface area (TPSA) is 63.7 Å². The van der Waals surface area contributed by atoms with E-state index in [1.807, 2.05) is 30.3 Å². The van der Waals surface area contributed by atoms with Crippen molar-refractivity contribution in [3.05, 3.63) is 35.9 Å². The molecule has 2 rings (SSSR count). The number of nitrogens with zero attached hydrogens (tertiary/aromatic N) is 1. The fourth-order valence-electron chi connectivity index (χ4n) is 2.30. The van der Waals surface area contributed by atoms with Crippen LogP contribution in [-0.2, 0) is 25.7 Å². The van der Waals surface area contributed by atoms with Gasteiger partial charge in [0.25, 0.3) is 0 Å². The molecule has 1 fully saturated rings. The Labute approximate surface area is 117 Å². The van der Waals surface area contributed by atoms with E-state index in [1.54, 1.807) is 4.90 Å². The Morgan fingerprint density at radius 2 is 2.00 bits per heavy atom. The zero-order valence-electron chi connectivity index (χ0n) is 11.4. The first kappa shape index (κ1) is 14.2. The van der Waals surface area contributed by atoms with Crippen LogP contribution in [0.15, 0.2) is 30.3 Å². The zero-order chi connectivity index (χ0) is 14.5. The molecule has 0 bridgehead atoms. The molecule has 1 aliphatic heterocycles. The summed E-state index contributed by atoms with van der Waals surface area (Å²) >= 11 is 0. The molecule has 0 aromatic heterocycles. The number of hydrogen-bond acceptors (Lipinski definition) is 4. The third kappa shape index (κ3) is 3.44. The minimum absolute atomic E-state index is 0.0444. The molecule has 20 heavy (non-hydrogen) atoms. The number of amides is 1. The number of hydrogen-bond donors (Lipinski definition) is 0. The average Bonchev–Trinajstić information content (AvgIpc) is 2.81. The Kier molecular flexibility index (Phi) is 4.50. The number of ketones is 1. The lowest BCUT2D eigenvalue weighted by Gasteiger charge is -2.16. The predicted octanol–water partition coefficient (Wildman–Crippen LogP) is 1.17. The van der Waals surface area contributed by atoms with Crippen molar-refractivity contribution in [3.8, 4) is 0 Å². The summed E-state index contributed by atoms with van der Waals surface area (Å²) in [6, 6.07) is 9.62. The van der Waals surface area contributed by atoms with Crippen LogP contribution in [-0.4, -0.2) is 36.2 Å². The standard InChI is InChI=1S/C15H17NO4/c1-20-15(19)8-13(17)12-7-14(18)16(10-12)9-11-5-3-2-4-6-11/h2-6,12H,7-10H2,1H3. The van der Waals surface area contributed by atoms with E-state index < -0.39 is 11.9 Å². The first-order valence-corrected chi connectivity index (χ1v) is 6.51. The van der Waals surface area contributed by atoms with Gasteiger partial charge in [0.1, 0.15) is 12.2 Å². The number of benzene rings is 1. The van der Waals surface area contributed by atoms with Crippen molar-refractivity contribution in [1.82, 2.24) is 4.90 Å². The van der Waals surface area contributed by atoms with Gasteiger partial charge in [0, 0.05) is 25.4 Å². The van der Waals surface area contributed by atoms with Crippen LogP contribution < -0.4 is 0 Å². The molecular formula is C15H17NO4. The number of carbonyl (C=O) groups is 3. The van der Waals surface area contributed by atoms with Gasteiger partial charge in [-0.2, -0.15) is 0 Å². The average molecular weight is 275 g/mol. The van der Waals surface area contributed by atoms with Gasteiger partial charge >= 0.3 is 5.97 Å². The van der Waals surface area contributed by atoms with Crippen LogP contribution in [0, 0.1) is 5.92 Å². The maximum atomic E-state index is 11.9. The van der Waals surface area contributed by atoms with E-state index in [4.69, 9.17) is 0 Å². The van der Waals surface area contributed by atoms with Gasteiger partial charge in [-0.3, -0.25) is 14.4 Å². The maximum absolute atomic E-state index is 11.9. The normalized spacial score (nSPS) is 18.1. The molecule has 5 heteroatoms. The lowest BCUT2D eigenvalue weighted by Crippen LogP contribution is -2.26. The van der Waals surface area contributed by atoms with Crippen LogP contribution in [0.3, 0.4) is 0 Å². The lowest BCUT2D eigenvalue weighted by molar-refractivity contribution is -0.144. The Balaban J connectivity index is 1.93. The molecule has 1 aliphatic rings. The summed E-state index contributed by atoms with van der Waals surface area (Å²) in [5.41, 5.74) is 1.03. The monoisotopic (exact) mass is 275 g/mol. The highest BCUT2D eigenvalue weighted by Gasteiger charge is 2.34. The van der Waals surface area contributed by atoms with E-state index in [0.717, 1.165) is 5.56 Å². The molecule has 5 nitrogen and oxygen atoms in total. The van der Waals surface area contributed by atoms with Gasteiger partial charge in [-0.25, -0.2) is 0 Å². The second kappa shape index (κ2) is 6.32. The van der Waals surface area contributed by atoms with Crippen molar-refractivity contribution in [2.24, 2.45) is 5.92 Å². The summed E-state index contributed by atoms with van der Waals surface area (Å²) < 4.78 is 4.47. The number of carbonyl (C=O) groups excluding carboxylic acids is 3. The fraction of sp³-hybridized carbons (Fsp3) is 0.400. The molecule has 0 saturated carbocycles. The van der Waals surface area contributed by atoms with E-state index in [9.17, 15) is 14.4 Å². The first-order valence-electron chi connectivity index (χ1n) is 6.51. The van der Waals surface area contributed by atoms with Gasteiger partial charge in [0.2, 0.25) is 5.91 Å². The molecule has 1 amide bonds. The molecule has 0 N–H and O–H groups in total. The van der Waals surface area contributed by atoms with Gasteiger partial charge in [0.15, 0.2) is 0 Å². The third-order valence-electron chi connectivity index (χ3n) is 3.43. The SMILES string of the molecule is COC(=O)CC(=O)C1CC(=O)N(Cc2ccccc2)C1. The van der Waals surface area contributed by atoms with Crippen molar-refractivity contribution in [2.45, 2.75) is 19.4 Å². The minimum Gasteiger partial charge on any atom is -0.469 e. The molecule has 0 aliphatic carbocycles. The van der Waals surface area contributed by atoms with E-state index in [0.29, 0.717) is 13.1 Å². The second-order valence-corrected chi connectivity index (χ2v) is 4.88. The summed E-state index contributed by atoms with van der Waals surface area (Å²) in [5, 5.41) is 0. The van der Waals surface area contributed by atoms with Crippen LogP contribution >= 0.6 is 0 Å². The Morgan fingerprint density at radius 3 is 2.65 bits per heavy atom. The van der Waals surface area contributed by atoms with Gasteiger partial charge in [-0.15, -0.1) is 0 Å². The van der Waals surface area contributed by atoms with Crippen LogP contribution in [0.1, 0.15) is 18.4 Å². The summed E-state index contributed by atoms with van der Waals surface area (Å²) in [6.07, 6.45) is -0.0731. The van der Waals surface area contributed by atoms with Crippen molar-refractivity contribution in [3.63, 3.8) is 0 Å². The molecule has 106 valence electrons. The largest absolute Gasteiger partial charge is 0.469 e. The molecule has 1 atom stereocenters. The summed E-state index contributed by atoms with van der Waals surface area (Å²) in [4.78, 5) is 36.5. The number of Topliss-reactive ketones (excluding diaryl/α,β-unsaturated/α-hetero) is 1. The van der Waals surface area contributed by atoms with Crippen molar-refractivity contribution >= 4 is 17.7 Å². The van der Waals surface area contributed by atoms with Crippen LogP contribution in [0.4, 0.5) is 0 Å². The Morgan fingerprint density at radius 1 is 1.30 bits per heavy atom. The first-order chi connectivity index (χ1) is 9.60. The fourth-order valence-corrected chi connectivity index (χ4v) is 2.30. The molecule has 1 aromatic carbocycles. The summed E-state index contributed by atoms with van der Waals surface area (Å²) in [5.74, 6) is -1.22. The zero-order valence-corrected chi connectivity index (χ0v) is 11.4. The minimum atomic E-state index is -0.552. The molecule has 1 heterocycles. The molecule has 1 unspecified atom stereocenters. The molecular weight excluding hydrogens is 258 g/mol. The van der Waals surface area contributed by atoms with E-state index in [1.165, 1.54) is 7.11 Å². The molecule has 1 aromatic rings. The highest BCUT2D eigenvalue weighted by molar-refractivity contribution is 5.99. The second-order valence-electron chi connectivity index (χ2n) is 4.88. The van der Waals surface area contributed by atoms with E-state index in [2.05, 4.69) is 4.74 Å². The predicted molar refractivity (Wildman–Crippen MR) is 71.6 cm³/mol. The third-order valence-corrected chi connectivity index (χ3v) is 3.43. The maximum Gasteiger partial charge on any atom is 0.313 e. The number of likely N-dealkylation sites (tertiary alicyclic amines) is 1. The van der Waals surface area contributed by atoms with Gasteiger partial charge in [0.05, 0.1) is 7.11 Å². The lowest BCUT2D eigenvalue weighted by atomic mass is 10.0. The molecule has 0 spiro atoms. The van der Waals surface area contributed by atoms with Crippen molar-refractivity contribution in [2.75, 3.05) is 13.7 Å². The van der Waals surface area contributed by atoms with Gasteiger partial charge in [-0.05, 0) is 5.56 Å². The Bertz CT molecular complexity index is 512. The smallest absolute Gasteiger partial charge is 0.313 e. The van der Waals surface area contributed by atoms with Gasteiger partial charge < -0.3 is 9.64 Å². The van der Waals surface area contributed by atoms with E-state index in [-0.39, 0.29) is 24.5 Å². The summed E-state index contributed by atoms with van der Waals surface area (Å²) in [7, 11) is 1.25. The number of methoxy groups -OCH3 is 1. The highest BCUT2D eigenvalue weighted by atomic mass is 16.5. The Hall–Kier alpha value is -2.17. The number of rotatable bonds is 5. The highest BCUT2D eigenvalue weighted by Crippen LogP contribution is 2.22. The number of esters is 1. The van der Waals surface area contributed by atoms with Gasteiger partial charge in [-0.1, -0.05) is 30.3 Å². The quantitative estimate of drug-likeness (QED) is 0.597. The van der Waals surface area contributed by atoms with Crippen molar-refractivity contribution in [1.29, 1.82) is 0 Å². The van der Waals surface area contributed by atoms with Crippen molar-refractivity contribution < 1.29 is 19.1 Å².